The van der Waals surface area contributed by atoms with Crippen LogP contribution in [0, 0.1) is 0 Å². The van der Waals surface area contributed by atoms with Crippen LogP contribution in [0.4, 0.5) is 0 Å². The molecule has 7 heteroatoms. The molecule has 0 spiro atoms. The van der Waals surface area contributed by atoms with Crippen LogP contribution in [-0.4, -0.2) is 26.0 Å². The lowest BCUT2D eigenvalue weighted by atomic mass is 10.3. The van der Waals surface area contributed by atoms with E-state index in [9.17, 15) is 8.42 Å². The molecule has 0 bridgehead atoms. The van der Waals surface area contributed by atoms with Crippen LogP contribution in [0.5, 0.6) is 0 Å². The van der Waals surface area contributed by atoms with Gasteiger partial charge in [-0.1, -0.05) is 15.9 Å². The highest BCUT2D eigenvalue weighted by Crippen LogP contribution is 2.31. The van der Waals surface area contributed by atoms with Gasteiger partial charge >= 0.3 is 0 Å². The van der Waals surface area contributed by atoms with Crippen molar-refractivity contribution in [1.29, 1.82) is 0 Å². The number of sulfonamides is 1. The van der Waals surface area contributed by atoms with Crippen molar-refractivity contribution in [2.24, 2.45) is 0 Å². The largest absolute Gasteiger partial charge is 0.241 e. The van der Waals surface area contributed by atoms with Crippen LogP contribution in [0.15, 0.2) is 32.0 Å². The van der Waals surface area contributed by atoms with E-state index in [4.69, 9.17) is 0 Å². The van der Waals surface area contributed by atoms with Gasteiger partial charge in [-0.15, -0.1) is 0 Å². The molecule has 0 aromatic heterocycles. The van der Waals surface area contributed by atoms with Crippen molar-refractivity contribution in [3.05, 3.63) is 27.1 Å². The molecule has 0 amide bonds. The summed E-state index contributed by atoms with van der Waals surface area (Å²) in [5.41, 5.74) is 0. The maximum atomic E-state index is 12.4. The minimum absolute atomic E-state index is 0.0494. The second-order valence-electron chi connectivity index (χ2n) is 4.56. The summed E-state index contributed by atoms with van der Waals surface area (Å²) in [5.74, 6) is 0. The zero-order valence-corrected chi connectivity index (χ0v) is 15.2. The Morgan fingerprint density at radius 2 is 2.05 bits per heavy atom. The van der Waals surface area contributed by atoms with Gasteiger partial charge in [-0.2, -0.15) is 11.8 Å². The highest BCUT2D eigenvalue weighted by Gasteiger charge is 2.29. The first kappa shape index (κ1) is 15.8. The van der Waals surface area contributed by atoms with Gasteiger partial charge in [0.2, 0.25) is 10.0 Å². The highest BCUT2D eigenvalue weighted by molar-refractivity contribution is 9.11. The van der Waals surface area contributed by atoms with E-state index in [0.717, 1.165) is 23.7 Å². The zero-order chi connectivity index (χ0) is 14.0. The predicted molar refractivity (Wildman–Crippen MR) is 87.1 cm³/mol. The van der Waals surface area contributed by atoms with Crippen molar-refractivity contribution in [1.82, 2.24) is 4.72 Å². The fourth-order valence-electron chi connectivity index (χ4n) is 2.23. The first-order valence-electron chi connectivity index (χ1n) is 5.92. The molecule has 1 saturated carbocycles. The molecule has 1 aliphatic rings. The topological polar surface area (TPSA) is 46.2 Å². The van der Waals surface area contributed by atoms with Gasteiger partial charge in [0.05, 0.1) is 4.90 Å². The summed E-state index contributed by atoms with van der Waals surface area (Å²) in [6.45, 7) is 0. The Morgan fingerprint density at radius 3 is 2.68 bits per heavy atom. The SMILES string of the molecule is CSC1CCC(NS(=O)(=O)c2cc(Br)ccc2Br)C1. The molecule has 0 heterocycles. The van der Waals surface area contributed by atoms with Gasteiger partial charge in [-0.25, -0.2) is 13.1 Å². The third kappa shape index (κ3) is 3.97. The van der Waals surface area contributed by atoms with Crippen LogP contribution in [0.1, 0.15) is 19.3 Å². The summed E-state index contributed by atoms with van der Waals surface area (Å²) < 4.78 is 28.9. The molecule has 1 N–H and O–H groups in total. The second kappa shape index (κ2) is 6.47. The van der Waals surface area contributed by atoms with Gasteiger partial charge in [0.1, 0.15) is 0 Å². The molecule has 3 nitrogen and oxygen atoms in total. The van der Waals surface area contributed by atoms with Gasteiger partial charge in [0, 0.05) is 20.2 Å². The normalized spacial score (nSPS) is 23.7. The second-order valence-corrected chi connectivity index (χ2v) is 9.15. The number of benzene rings is 1. The predicted octanol–water partition coefficient (Wildman–Crippen LogP) is 3.77. The molecule has 1 aliphatic carbocycles. The minimum Gasteiger partial charge on any atom is -0.208 e. The van der Waals surface area contributed by atoms with E-state index in [0.29, 0.717) is 9.72 Å². The van der Waals surface area contributed by atoms with E-state index in [2.05, 4.69) is 42.8 Å². The maximum absolute atomic E-state index is 12.4. The number of halogens is 2. The Hall–Kier alpha value is 0.440. The lowest BCUT2D eigenvalue weighted by Gasteiger charge is -2.14. The molecule has 1 aromatic rings. The standard InChI is InChI=1S/C12H15Br2NO2S2/c1-18-10-4-3-9(7-10)15-19(16,17)12-6-8(13)2-5-11(12)14/h2,5-6,9-10,15H,3-4,7H2,1H3. The van der Waals surface area contributed by atoms with E-state index in [-0.39, 0.29) is 10.9 Å². The number of rotatable bonds is 4. The molecule has 2 unspecified atom stereocenters. The van der Waals surface area contributed by atoms with Crippen LogP contribution < -0.4 is 4.72 Å². The number of hydrogen-bond donors (Lipinski definition) is 1. The van der Waals surface area contributed by atoms with Crippen LogP contribution >= 0.6 is 43.6 Å². The molecule has 0 radical (unpaired) electrons. The summed E-state index contributed by atoms with van der Waals surface area (Å²) in [6.07, 6.45) is 4.98. The van der Waals surface area contributed by atoms with E-state index < -0.39 is 10.0 Å². The molecule has 2 rings (SSSR count). The number of thioether (sulfide) groups is 1. The average Bonchev–Trinajstić information content (AvgIpc) is 2.79. The Morgan fingerprint density at radius 1 is 1.32 bits per heavy atom. The van der Waals surface area contributed by atoms with E-state index >= 15 is 0 Å². The van der Waals surface area contributed by atoms with Crippen molar-refractivity contribution in [3.63, 3.8) is 0 Å². The molecular weight excluding hydrogens is 414 g/mol. The molecule has 19 heavy (non-hydrogen) atoms. The Balaban J connectivity index is 2.17. The first-order valence-corrected chi connectivity index (χ1v) is 10.3. The third-order valence-corrected chi connectivity index (χ3v) is 7.32. The van der Waals surface area contributed by atoms with E-state index in [1.807, 2.05) is 17.8 Å². The number of nitrogens with one attached hydrogen (secondary N) is 1. The van der Waals surface area contributed by atoms with Crippen LogP contribution in [0.3, 0.4) is 0 Å². The van der Waals surface area contributed by atoms with Crippen molar-refractivity contribution < 1.29 is 8.42 Å². The van der Waals surface area contributed by atoms with E-state index in [1.165, 1.54) is 0 Å². The lowest BCUT2D eigenvalue weighted by molar-refractivity contribution is 0.552. The van der Waals surface area contributed by atoms with Gasteiger partial charge in [0.25, 0.3) is 0 Å². The quantitative estimate of drug-likeness (QED) is 0.793. The van der Waals surface area contributed by atoms with Gasteiger partial charge in [-0.3, -0.25) is 0 Å². The summed E-state index contributed by atoms with van der Waals surface area (Å²) in [4.78, 5) is 0.287. The van der Waals surface area contributed by atoms with Crippen molar-refractivity contribution in [2.75, 3.05) is 6.26 Å². The summed E-state index contributed by atoms with van der Waals surface area (Å²) >= 11 is 8.41. The Bertz CT molecular complexity index is 563. The summed E-state index contributed by atoms with van der Waals surface area (Å²) in [7, 11) is -3.46. The number of hydrogen-bond acceptors (Lipinski definition) is 3. The smallest absolute Gasteiger partial charge is 0.208 e. The molecule has 1 fully saturated rings. The highest BCUT2D eigenvalue weighted by atomic mass is 79.9. The van der Waals surface area contributed by atoms with Crippen LogP contribution in [0.25, 0.3) is 0 Å². The fraction of sp³-hybridized carbons (Fsp3) is 0.500. The Kier molecular flexibility index (Phi) is 5.39. The molecule has 2 atom stereocenters. The van der Waals surface area contributed by atoms with Gasteiger partial charge < -0.3 is 0 Å². The van der Waals surface area contributed by atoms with E-state index in [1.54, 1.807) is 12.1 Å². The van der Waals surface area contributed by atoms with Crippen molar-refractivity contribution >= 4 is 53.6 Å². The monoisotopic (exact) mass is 427 g/mol. The van der Waals surface area contributed by atoms with Crippen molar-refractivity contribution in [2.45, 2.75) is 35.4 Å². The maximum Gasteiger partial charge on any atom is 0.241 e. The first-order chi connectivity index (χ1) is 8.92. The minimum atomic E-state index is -3.46. The summed E-state index contributed by atoms with van der Waals surface area (Å²) in [6, 6.07) is 5.21. The average molecular weight is 429 g/mol. The molecule has 0 saturated heterocycles. The van der Waals surface area contributed by atoms with Crippen LogP contribution in [0.2, 0.25) is 0 Å². The van der Waals surface area contributed by atoms with Crippen molar-refractivity contribution in [3.8, 4) is 0 Å². The molecule has 106 valence electrons. The van der Waals surface area contributed by atoms with Crippen LogP contribution in [-0.2, 0) is 10.0 Å². The fourth-order valence-corrected chi connectivity index (χ4v) is 5.81. The van der Waals surface area contributed by atoms with Gasteiger partial charge in [0.15, 0.2) is 0 Å². The Labute approximate surface area is 135 Å². The molecule has 1 aromatic carbocycles. The molecular formula is C12H15Br2NO2S2. The lowest BCUT2D eigenvalue weighted by Crippen LogP contribution is -2.33. The van der Waals surface area contributed by atoms with Gasteiger partial charge in [-0.05, 0) is 59.6 Å². The third-order valence-electron chi connectivity index (χ3n) is 3.22. The summed E-state index contributed by atoms with van der Waals surface area (Å²) in [5, 5.41) is 0.568. The molecule has 0 aliphatic heterocycles. The zero-order valence-electron chi connectivity index (χ0n) is 10.4.